The predicted octanol–water partition coefficient (Wildman–Crippen LogP) is 2.48. The molecule has 1 aliphatic rings. The molecule has 1 heterocycles. The zero-order valence-corrected chi connectivity index (χ0v) is 11.9. The molecule has 0 radical (unpaired) electrons. The van der Waals surface area contributed by atoms with Gasteiger partial charge in [-0.25, -0.2) is 4.39 Å². The van der Waals surface area contributed by atoms with E-state index in [2.05, 4.69) is 17.6 Å². The third-order valence-corrected chi connectivity index (χ3v) is 4.18. The van der Waals surface area contributed by atoms with Crippen molar-refractivity contribution < 1.29 is 9.18 Å². The van der Waals surface area contributed by atoms with Gasteiger partial charge < -0.3 is 10.6 Å². The predicted molar refractivity (Wildman–Crippen MR) is 75.8 cm³/mol. The lowest BCUT2D eigenvalue weighted by Crippen LogP contribution is -2.37. The molecule has 0 saturated carbocycles. The normalized spacial score (nSPS) is 17.9. The summed E-state index contributed by atoms with van der Waals surface area (Å²) in [5.41, 5.74) is 0.903. The summed E-state index contributed by atoms with van der Waals surface area (Å²) in [4.78, 5) is 12.9. The summed E-state index contributed by atoms with van der Waals surface area (Å²) in [5.74, 6) is 0.677. The second-order valence-corrected chi connectivity index (χ2v) is 5.75. The maximum absolute atomic E-state index is 13.3. The van der Waals surface area contributed by atoms with E-state index in [4.69, 9.17) is 0 Å². The second-order valence-electron chi connectivity index (χ2n) is 4.62. The second kappa shape index (κ2) is 6.91. The molecule has 0 aliphatic carbocycles. The molecule has 0 fully saturated rings. The number of rotatable bonds is 5. The van der Waals surface area contributed by atoms with E-state index in [0.717, 1.165) is 35.6 Å². The zero-order valence-electron chi connectivity index (χ0n) is 11.0. The van der Waals surface area contributed by atoms with Crippen molar-refractivity contribution in [2.45, 2.75) is 30.7 Å². The van der Waals surface area contributed by atoms with Gasteiger partial charge in [0.2, 0.25) is 5.91 Å². The summed E-state index contributed by atoms with van der Waals surface area (Å²) in [6, 6.07) is 4.73. The van der Waals surface area contributed by atoms with Crippen molar-refractivity contribution >= 4 is 17.7 Å². The zero-order chi connectivity index (χ0) is 13.7. The molecule has 5 heteroatoms. The van der Waals surface area contributed by atoms with Gasteiger partial charge in [0.05, 0.1) is 12.6 Å². The minimum Gasteiger partial charge on any atom is -0.348 e. The minimum atomic E-state index is -0.246. The number of fused-ring (bicyclic) bond motifs is 1. The average Bonchev–Trinajstić information content (AvgIpc) is 2.40. The first-order valence-corrected chi connectivity index (χ1v) is 7.61. The molecular formula is C14H19FN2OS. The molecular weight excluding hydrogens is 263 g/mol. The van der Waals surface area contributed by atoms with Crippen molar-refractivity contribution in [1.82, 2.24) is 10.6 Å². The third-order valence-electron chi connectivity index (χ3n) is 3.06. The first-order valence-electron chi connectivity index (χ1n) is 6.63. The highest BCUT2D eigenvalue weighted by Crippen LogP contribution is 2.36. The van der Waals surface area contributed by atoms with E-state index >= 15 is 0 Å². The molecule has 1 aliphatic heterocycles. The minimum absolute atomic E-state index is 0.0273. The molecule has 1 unspecified atom stereocenters. The highest BCUT2D eigenvalue weighted by molar-refractivity contribution is 7.99. The molecule has 0 aromatic heterocycles. The Labute approximate surface area is 117 Å². The molecule has 2 N–H and O–H groups in total. The fraction of sp³-hybridized carbons (Fsp3) is 0.500. The Balaban J connectivity index is 1.99. The summed E-state index contributed by atoms with van der Waals surface area (Å²) in [5, 5.41) is 6.05. The summed E-state index contributed by atoms with van der Waals surface area (Å²) >= 11 is 1.72. The van der Waals surface area contributed by atoms with Gasteiger partial charge in [-0.2, -0.15) is 0 Å². The van der Waals surface area contributed by atoms with E-state index in [1.165, 1.54) is 12.1 Å². The standard InChI is InChI=1S/C14H19FN2OS/c1-2-6-16-9-14(18)17-12-5-7-19-13-4-3-10(15)8-11(12)13/h3-4,8,12,16H,2,5-7,9H2,1H3,(H,17,18). The Bertz CT molecular complexity index is 453. The number of nitrogens with one attached hydrogen (secondary N) is 2. The largest absolute Gasteiger partial charge is 0.348 e. The van der Waals surface area contributed by atoms with Crippen molar-refractivity contribution in [2.24, 2.45) is 0 Å². The van der Waals surface area contributed by atoms with Gasteiger partial charge in [0.15, 0.2) is 0 Å². The van der Waals surface area contributed by atoms with E-state index in [9.17, 15) is 9.18 Å². The van der Waals surface area contributed by atoms with Crippen LogP contribution in [0.1, 0.15) is 31.4 Å². The molecule has 104 valence electrons. The van der Waals surface area contributed by atoms with Crippen LogP contribution in [0, 0.1) is 5.82 Å². The van der Waals surface area contributed by atoms with Gasteiger partial charge in [-0.3, -0.25) is 4.79 Å². The first kappa shape index (κ1) is 14.3. The Morgan fingerprint density at radius 1 is 1.53 bits per heavy atom. The number of hydrogen-bond acceptors (Lipinski definition) is 3. The van der Waals surface area contributed by atoms with Crippen LogP contribution in [-0.4, -0.2) is 24.7 Å². The topological polar surface area (TPSA) is 41.1 Å². The van der Waals surface area contributed by atoms with Crippen molar-refractivity contribution in [3.63, 3.8) is 0 Å². The van der Waals surface area contributed by atoms with E-state index < -0.39 is 0 Å². The van der Waals surface area contributed by atoms with Gasteiger partial charge in [0.1, 0.15) is 5.82 Å². The number of carbonyl (C=O) groups is 1. The number of thioether (sulfide) groups is 1. The molecule has 1 amide bonds. The van der Waals surface area contributed by atoms with Crippen LogP contribution >= 0.6 is 11.8 Å². The lowest BCUT2D eigenvalue weighted by molar-refractivity contribution is -0.121. The van der Waals surface area contributed by atoms with Crippen molar-refractivity contribution in [1.29, 1.82) is 0 Å². The lowest BCUT2D eigenvalue weighted by atomic mass is 10.0. The third kappa shape index (κ3) is 3.94. The average molecular weight is 282 g/mol. The fourth-order valence-corrected chi connectivity index (χ4v) is 3.24. The van der Waals surface area contributed by atoms with Gasteiger partial charge in [0, 0.05) is 10.6 Å². The Morgan fingerprint density at radius 3 is 3.16 bits per heavy atom. The van der Waals surface area contributed by atoms with Gasteiger partial charge >= 0.3 is 0 Å². The Morgan fingerprint density at radius 2 is 2.37 bits per heavy atom. The molecule has 1 aromatic carbocycles. The summed E-state index contributed by atoms with van der Waals surface area (Å²) in [7, 11) is 0. The Hall–Kier alpha value is -1.07. The number of halogens is 1. The Kier molecular flexibility index (Phi) is 5.22. The maximum Gasteiger partial charge on any atom is 0.234 e. The van der Waals surface area contributed by atoms with Gasteiger partial charge in [-0.05, 0) is 43.1 Å². The first-order chi connectivity index (χ1) is 9.20. The molecule has 1 aromatic rings. The van der Waals surface area contributed by atoms with E-state index in [1.54, 1.807) is 17.8 Å². The van der Waals surface area contributed by atoms with E-state index in [1.807, 2.05) is 0 Å². The number of benzene rings is 1. The summed E-state index contributed by atoms with van der Waals surface area (Å²) < 4.78 is 13.3. The highest BCUT2D eigenvalue weighted by Gasteiger charge is 2.22. The maximum atomic E-state index is 13.3. The van der Waals surface area contributed by atoms with Crippen LogP contribution in [0.3, 0.4) is 0 Å². The van der Waals surface area contributed by atoms with Crippen molar-refractivity contribution in [2.75, 3.05) is 18.8 Å². The molecule has 0 bridgehead atoms. The smallest absolute Gasteiger partial charge is 0.234 e. The number of hydrogen-bond donors (Lipinski definition) is 2. The SMILES string of the molecule is CCCNCC(=O)NC1CCSc2ccc(F)cc21. The molecule has 0 saturated heterocycles. The van der Waals surface area contributed by atoms with Crippen molar-refractivity contribution in [3.8, 4) is 0 Å². The summed E-state index contributed by atoms with van der Waals surface area (Å²) in [6.45, 7) is 3.21. The molecule has 19 heavy (non-hydrogen) atoms. The molecule has 1 atom stereocenters. The van der Waals surface area contributed by atoms with Crippen LogP contribution in [0.15, 0.2) is 23.1 Å². The van der Waals surface area contributed by atoms with Crippen LogP contribution in [0.5, 0.6) is 0 Å². The molecule has 3 nitrogen and oxygen atoms in total. The van der Waals surface area contributed by atoms with Crippen LogP contribution in [0.4, 0.5) is 4.39 Å². The highest BCUT2D eigenvalue weighted by atomic mass is 32.2. The van der Waals surface area contributed by atoms with Crippen LogP contribution in [0.25, 0.3) is 0 Å². The van der Waals surface area contributed by atoms with Crippen LogP contribution in [-0.2, 0) is 4.79 Å². The number of amides is 1. The van der Waals surface area contributed by atoms with Crippen LogP contribution < -0.4 is 10.6 Å². The quantitative estimate of drug-likeness (QED) is 0.815. The lowest BCUT2D eigenvalue weighted by Gasteiger charge is -2.26. The summed E-state index contributed by atoms with van der Waals surface area (Å²) in [6.07, 6.45) is 1.85. The molecule has 0 spiro atoms. The monoisotopic (exact) mass is 282 g/mol. The van der Waals surface area contributed by atoms with Crippen molar-refractivity contribution in [3.05, 3.63) is 29.6 Å². The van der Waals surface area contributed by atoms with Gasteiger partial charge in [0.25, 0.3) is 0 Å². The van der Waals surface area contributed by atoms with E-state index in [-0.39, 0.29) is 17.8 Å². The molecule has 2 rings (SSSR count). The van der Waals surface area contributed by atoms with Gasteiger partial charge in [-0.15, -0.1) is 11.8 Å². The van der Waals surface area contributed by atoms with Crippen LogP contribution in [0.2, 0.25) is 0 Å². The van der Waals surface area contributed by atoms with Gasteiger partial charge in [-0.1, -0.05) is 6.92 Å². The van der Waals surface area contributed by atoms with E-state index in [0.29, 0.717) is 6.54 Å². The fourth-order valence-electron chi connectivity index (χ4n) is 2.14. The number of carbonyl (C=O) groups excluding carboxylic acids is 1.